The van der Waals surface area contributed by atoms with E-state index >= 15 is 0 Å². The molecule has 1 amide bonds. The van der Waals surface area contributed by atoms with Gasteiger partial charge in [0.1, 0.15) is 5.52 Å². The van der Waals surface area contributed by atoms with E-state index in [-0.39, 0.29) is 18.1 Å². The Hall–Kier alpha value is -3.06. The SMILES string of the molecule is COc1ccc(Cc2nc3ccc(C(=O)N4C[C@@H](C)O[C@@H](C)C4)cc3o2)cc1OC. The van der Waals surface area contributed by atoms with Crippen LogP contribution in [0.2, 0.25) is 0 Å². The van der Waals surface area contributed by atoms with Gasteiger partial charge in [-0.25, -0.2) is 4.98 Å². The van der Waals surface area contributed by atoms with E-state index in [0.29, 0.717) is 48.0 Å². The smallest absolute Gasteiger partial charge is 0.254 e. The lowest BCUT2D eigenvalue weighted by atomic mass is 10.1. The highest BCUT2D eigenvalue weighted by molar-refractivity contribution is 5.97. The van der Waals surface area contributed by atoms with Crippen molar-refractivity contribution in [2.24, 2.45) is 0 Å². The first-order valence-corrected chi connectivity index (χ1v) is 10.0. The topological polar surface area (TPSA) is 74.0 Å². The Morgan fingerprint density at radius 2 is 1.80 bits per heavy atom. The highest BCUT2D eigenvalue weighted by Crippen LogP contribution is 2.29. The zero-order valence-electron chi connectivity index (χ0n) is 17.7. The van der Waals surface area contributed by atoms with E-state index in [1.807, 2.05) is 43.0 Å². The minimum atomic E-state index is -0.0169. The third kappa shape index (κ3) is 4.11. The molecule has 1 aromatic heterocycles. The van der Waals surface area contributed by atoms with Crippen molar-refractivity contribution < 1.29 is 23.4 Å². The Morgan fingerprint density at radius 1 is 1.07 bits per heavy atom. The molecule has 0 unspecified atom stereocenters. The standard InChI is InChI=1S/C23H26N2O5/c1-14-12-25(13-15(2)29-14)23(26)17-6-7-18-20(11-17)30-22(24-18)10-16-5-8-19(27-3)21(9-16)28-4/h5-9,11,14-15H,10,12-13H2,1-4H3/t14-,15+. The number of rotatable bonds is 5. The number of carbonyl (C=O) groups excluding carboxylic acids is 1. The molecular weight excluding hydrogens is 384 g/mol. The number of aromatic nitrogens is 1. The van der Waals surface area contributed by atoms with Crippen molar-refractivity contribution in [2.75, 3.05) is 27.3 Å². The Labute approximate surface area is 175 Å². The third-order valence-electron chi connectivity index (χ3n) is 5.19. The number of ether oxygens (including phenoxy) is 3. The van der Waals surface area contributed by atoms with Gasteiger partial charge in [0.05, 0.1) is 26.4 Å². The maximum absolute atomic E-state index is 12.9. The summed E-state index contributed by atoms with van der Waals surface area (Å²) in [5.74, 6) is 1.90. The molecule has 0 radical (unpaired) electrons. The monoisotopic (exact) mass is 410 g/mol. The van der Waals surface area contributed by atoms with Gasteiger partial charge in [-0.3, -0.25) is 4.79 Å². The summed E-state index contributed by atoms with van der Waals surface area (Å²) < 4.78 is 22.3. The van der Waals surface area contributed by atoms with E-state index in [0.717, 1.165) is 11.1 Å². The predicted molar refractivity (Wildman–Crippen MR) is 112 cm³/mol. The van der Waals surface area contributed by atoms with Crippen molar-refractivity contribution >= 4 is 17.0 Å². The summed E-state index contributed by atoms with van der Waals surface area (Å²) in [6.07, 6.45) is 0.566. The van der Waals surface area contributed by atoms with Gasteiger partial charge in [0, 0.05) is 25.1 Å². The molecule has 0 aliphatic carbocycles. The zero-order chi connectivity index (χ0) is 21.3. The number of amides is 1. The van der Waals surface area contributed by atoms with Crippen LogP contribution < -0.4 is 9.47 Å². The molecule has 1 aliphatic rings. The average Bonchev–Trinajstić information content (AvgIpc) is 3.13. The van der Waals surface area contributed by atoms with Crippen LogP contribution in [0.1, 0.15) is 35.7 Å². The second kappa shape index (κ2) is 8.36. The predicted octanol–water partition coefficient (Wildman–Crippen LogP) is 3.69. The van der Waals surface area contributed by atoms with Crippen LogP contribution in [0.4, 0.5) is 0 Å². The maximum Gasteiger partial charge on any atom is 0.254 e. The lowest BCUT2D eigenvalue weighted by Gasteiger charge is -2.35. The molecule has 30 heavy (non-hydrogen) atoms. The fourth-order valence-corrected chi connectivity index (χ4v) is 3.87. The molecule has 2 heterocycles. The normalized spacial score (nSPS) is 19.1. The van der Waals surface area contributed by atoms with Gasteiger partial charge in [0.25, 0.3) is 5.91 Å². The van der Waals surface area contributed by atoms with Crippen LogP contribution in [0.3, 0.4) is 0 Å². The molecule has 0 bridgehead atoms. The lowest BCUT2D eigenvalue weighted by molar-refractivity contribution is -0.0586. The number of hydrogen-bond donors (Lipinski definition) is 0. The quantitative estimate of drug-likeness (QED) is 0.639. The van der Waals surface area contributed by atoms with Crippen molar-refractivity contribution in [1.29, 1.82) is 0 Å². The fourth-order valence-electron chi connectivity index (χ4n) is 3.87. The molecule has 3 aromatic rings. The number of morpholine rings is 1. The van der Waals surface area contributed by atoms with E-state index in [1.165, 1.54) is 0 Å². The Morgan fingerprint density at radius 3 is 2.50 bits per heavy atom. The molecule has 1 fully saturated rings. The first-order valence-electron chi connectivity index (χ1n) is 10.0. The molecule has 1 saturated heterocycles. The number of benzene rings is 2. The van der Waals surface area contributed by atoms with Gasteiger partial charge in [-0.05, 0) is 49.7 Å². The summed E-state index contributed by atoms with van der Waals surface area (Å²) in [5, 5.41) is 0. The Balaban J connectivity index is 1.55. The number of fused-ring (bicyclic) bond motifs is 1. The number of oxazole rings is 1. The molecule has 0 saturated carbocycles. The highest BCUT2D eigenvalue weighted by Gasteiger charge is 2.27. The maximum atomic E-state index is 12.9. The Bertz CT molecular complexity index is 1050. The van der Waals surface area contributed by atoms with Crippen molar-refractivity contribution in [1.82, 2.24) is 9.88 Å². The van der Waals surface area contributed by atoms with Gasteiger partial charge in [0.2, 0.25) is 0 Å². The van der Waals surface area contributed by atoms with Gasteiger partial charge in [-0.15, -0.1) is 0 Å². The van der Waals surface area contributed by atoms with Crippen LogP contribution >= 0.6 is 0 Å². The van der Waals surface area contributed by atoms with Crippen LogP contribution in [0, 0.1) is 0 Å². The zero-order valence-corrected chi connectivity index (χ0v) is 17.7. The minimum Gasteiger partial charge on any atom is -0.493 e. The van der Waals surface area contributed by atoms with Crippen molar-refractivity contribution in [3.63, 3.8) is 0 Å². The van der Waals surface area contributed by atoms with Gasteiger partial charge >= 0.3 is 0 Å². The second-order valence-electron chi connectivity index (χ2n) is 7.62. The van der Waals surface area contributed by atoms with Gasteiger partial charge < -0.3 is 23.5 Å². The van der Waals surface area contributed by atoms with Crippen LogP contribution in [0.25, 0.3) is 11.1 Å². The molecule has 0 spiro atoms. The molecule has 1 aliphatic heterocycles. The molecule has 4 rings (SSSR count). The molecule has 7 nitrogen and oxygen atoms in total. The van der Waals surface area contributed by atoms with E-state index in [2.05, 4.69) is 4.98 Å². The van der Waals surface area contributed by atoms with E-state index in [1.54, 1.807) is 26.4 Å². The lowest BCUT2D eigenvalue weighted by Crippen LogP contribution is -2.48. The first kappa shape index (κ1) is 20.2. The average molecular weight is 410 g/mol. The van der Waals surface area contributed by atoms with Crippen LogP contribution in [-0.4, -0.2) is 55.3 Å². The summed E-state index contributed by atoms with van der Waals surface area (Å²) in [4.78, 5) is 19.3. The summed E-state index contributed by atoms with van der Waals surface area (Å²) in [6, 6.07) is 11.1. The Kier molecular flexibility index (Phi) is 5.63. The van der Waals surface area contributed by atoms with Crippen molar-refractivity contribution in [3.05, 3.63) is 53.4 Å². The minimum absolute atomic E-state index is 0.0169. The summed E-state index contributed by atoms with van der Waals surface area (Å²) in [6.45, 7) is 5.14. The van der Waals surface area contributed by atoms with Crippen LogP contribution in [0.15, 0.2) is 40.8 Å². The van der Waals surface area contributed by atoms with E-state index in [9.17, 15) is 4.79 Å². The summed E-state index contributed by atoms with van der Waals surface area (Å²) >= 11 is 0. The number of nitrogens with zero attached hydrogens (tertiary/aromatic N) is 2. The fraction of sp³-hybridized carbons (Fsp3) is 0.391. The largest absolute Gasteiger partial charge is 0.493 e. The summed E-state index contributed by atoms with van der Waals surface area (Å²) in [7, 11) is 3.21. The first-order chi connectivity index (χ1) is 14.5. The van der Waals surface area contributed by atoms with E-state index < -0.39 is 0 Å². The van der Waals surface area contributed by atoms with Gasteiger partial charge in [0.15, 0.2) is 23.0 Å². The number of methoxy groups -OCH3 is 2. The number of carbonyl (C=O) groups is 1. The van der Waals surface area contributed by atoms with E-state index in [4.69, 9.17) is 18.6 Å². The molecule has 7 heteroatoms. The molecular formula is C23H26N2O5. The molecule has 2 atom stereocenters. The number of hydrogen-bond acceptors (Lipinski definition) is 6. The van der Waals surface area contributed by atoms with Crippen molar-refractivity contribution in [3.8, 4) is 11.5 Å². The van der Waals surface area contributed by atoms with Crippen LogP contribution in [0.5, 0.6) is 11.5 Å². The molecule has 0 N–H and O–H groups in total. The summed E-state index contributed by atoms with van der Waals surface area (Å²) in [5.41, 5.74) is 2.92. The molecule has 2 aromatic carbocycles. The highest BCUT2D eigenvalue weighted by atomic mass is 16.5. The van der Waals surface area contributed by atoms with Crippen LogP contribution in [-0.2, 0) is 11.2 Å². The van der Waals surface area contributed by atoms with Crippen molar-refractivity contribution in [2.45, 2.75) is 32.5 Å². The third-order valence-corrected chi connectivity index (χ3v) is 5.19. The van der Waals surface area contributed by atoms with Gasteiger partial charge in [-0.2, -0.15) is 0 Å². The molecule has 158 valence electrons. The van der Waals surface area contributed by atoms with Gasteiger partial charge in [-0.1, -0.05) is 6.07 Å². The second-order valence-corrected chi connectivity index (χ2v) is 7.62.